The van der Waals surface area contributed by atoms with E-state index < -0.39 is 21.8 Å². The molecule has 1 unspecified atom stereocenters. The number of benzene rings is 1. The van der Waals surface area contributed by atoms with Crippen molar-refractivity contribution >= 4 is 27.1 Å². The average Bonchev–Trinajstić information content (AvgIpc) is 3.42. The van der Waals surface area contributed by atoms with Crippen molar-refractivity contribution in [2.24, 2.45) is 0 Å². The molecule has 0 aliphatic carbocycles. The molecule has 1 aliphatic rings. The molecule has 1 atom stereocenters. The van der Waals surface area contributed by atoms with Crippen LogP contribution in [-0.4, -0.2) is 41.9 Å². The average molecular weight is 435 g/mol. The maximum absolute atomic E-state index is 13.9. The third-order valence-corrected chi connectivity index (χ3v) is 7.61. The minimum atomic E-state index is -3.16. The molecule has 1 amide bonds. The fraction of sp³-hybridized carbons (Fsp3) is 0.300. The Kier molecular flexibility index (Phi) is 5.26. The van der Waals surface area contributed by atoms with Gasteiger partial charge in [0.25, 0.3) is 5.91 Å². The molecular weight excluding hydrogens is 415 g/mol. The molecule has 0 N–H and O–H groups in total. The summed E-state index contributed by atoms with van der Waals surface area (Å²) in [6.45, 7) is 1.96. The largest absolute Gasteiger partial charge is 0.355 e. The second kappa shape index (κ2) is 7.72. The van der Waals surface area contributed by atoms with Crippen molar-refractivity contribution < 1.29 is 22.1 Å². The van der Waals surface area contributed by atoms with Gasteiger partial charge in [-0.25, -0.2) is 12.8 Å². The van der Waals surface area contributed by atoms with Crippen LogP contribution >= 0.6 is 11.3 Å². The van der Waals surface area contributed by atoms with E-state index in [2.05, 4.69) is 5.16 Å². The third-order valence-electron chi connectivity index (χ3n) is 5.00. The number of hydrogen-bond donors (Lipinski definition) is 0. The Hall–Kier alpha value is -2.52. The number of thiophene rings is 1. The number of aromatic nitrogens is 1. The Labute approximate surface area is 171 Å². The smallest absolute Gasteiger partial charge is 0.276 e. The number of halogens is 1. The molecular formula is C20H19FN2O4S2. The van der Waals surface area contributed by atoms with Crippen LogP contribution in [0.1, 0.15) is 27.3 Å². The fourth-order valence-corrected chi connectivity index (χ4v) is 5.80. The third kappa shape index (κ3) is 4.25. The van der Waals surface area contributed by atoms with Gasteiger partial charge in [0.05, 0.1) is 18.1 Å². The van der Waals surface area contributed by atoms with Crippen LogP contribution in [0.3, 0.4) is 0 Å². The summed E-state index contributed by atoms with van der Waals surface area (Å²) < 4.78 is 43.0. The highest BCUT2D eigenvalue weighted by Gasteiger charge is 2.36. The van der Waals surface area contributed by atoms with Crippen molar-refractivity contribution in [3.63, 3.8) is 0 Å². The number of hydrogen-bond acceptors (Lipinski definition) is 6. The Morgan fingerprint density at radius 3 is 2.83 bits per heavy atom. The zero-order chi connectivity index (χ0) is 20.6. The summed E-state index contributed by atoms with van der Waals surface area (Å²) in [5, 5.41) is 5.77. The van der Waals surface area contributed by atoms with Gasteiger partial charge >= 0.3 is 0 Å². The molecule has 0 saturated carbocycles. The first kappa shape index (κ1) is 19.8. The Balaban J connectivity index is 1.62. The van der Waals surface area contributed by atoms with E-state index in [0.29, 0.717) is 24.1 Å². The molecule has 4 rings (SSSR count). The molecule has 6 nitrogen and oxygen atoms in total. The van der Waals surface area contributed by atoms with Gasteiger partial charge in [-0.05, 0) is 36.4 Å². The zero-order valence-electron chi connectivity index (χ0n) is 15.7. The number of rotatable bonds is 5. The first-order valence-corrected chi connectivity index (χ1v) is 11.8. The molecule has 3 aromatic rings. The number of carbonyl (C=O) groups is 1. The van der Waals surface area contributed by atoms with Crippen LogP contribution in [0.5, 0.6) is 0 Å². The van der Waals surface area contributed by atoms with Gasteiger partial charge in [0.1, 0.15) is 5.82 Å². The molecule has 152 valence electrons. The van der Waals surface area contributed by atoms with Crippen molar-refractivity contribution in [2.75, 3.05) is 11.5 Å². The van der Waals surface area contributed by atoms with Crippen LogP contribution in [0, 0.1) is 12.7 Å². The predicted octanol–water partition coefficient (Wildman–Crippen LogP) is 3.68. The molecule has 29 heavy (non-hydrogen) atoms. The highest BCUT2D eigenvalue weighted by Crippen LogP contribution is 2.26. The zero-order valence-corrected chi connectivity index (χ0v) is 17.3. The monoisotopic (exact) mass is 434 g/mol. The van der Waals surface area contributed by atoms with E-state index >= 15 is 0 Å². The van der Waals surface area contributed by atoms with Crippen molar-refractivity contribution in [3.05, 3.63) is 63.7 Å². The summed E-state index contributed by atoms with van der Waals surface area (Å²) >= 11 is 1.50. The summed E-state index contributed by atoms with van der Waals surface area (Å²) in [5.74, 6) is -0.482. The molecule has 0 radical (unpaired) electrons. The van der Waals surface area contributed by atoms with Crippen molar-refractivity contribution in [1.82, 2.24) is 10.1 Å². The maximum atomic E-state index is 13.9. The summed E-state index contributed by atoms with van der Waals surface area (Å²) in [6, 6.07) is 9.49. The summed E-state index contributed by atoms with van der Waals surface area (Å²) in [4.78, 5) is 15.7. The quantitative estimate of drug-likeness (QED) is 0.612. The minimum Gasteiger partial charge on any atom is -0.355 e. The van der Waals surface area contributed by atoms with Crippen molar-refractivity contribution in [2.45, 2.75) is 25.9 Å². The molecule has 1 aliphatic heterocycles. The molecule has 0 spiro atoms. The van der Waals surface area contributed by atoms with E-state index in [1.54, 1.807) is 24.0 Å². The first-order chi connectivity index (χ1) is 13.8. The van der Waals surface area contributed by atoms with Gasteiger partial charge in [-0.2, -0.15) is 0 Å². The van der Waals surface area contributed by atoms with Crippen molar-refractivity contribution in [3.8, 4) is 11.3 Å². The molecule has 9 heteroatoms. The molecule has 1 fully saturated rings. The van der Waals surface area contributed by atoms with Gasteiger partial charge in [0, 0.05) is 22.5 Å². The van der Waals surface area contributed by atoms with Gasteiger partial charge in [-0.1, -0.05) is 23.4 Å². The Morgan fingerprint density at radius 1 is 1.34 bits per heavy atom. The number of aryl methyl sites for hydroxylation is 1. The van der Waals surface area contributed by atoms with Gasteiger partial charge < -0.3 is 9.42 Å². The highest BCUT2D eigenvalue weighted by molar-refractivity contribution is 7.91. The molecule has 2 aromatic heterocycles. The SMILES string of the molecule is Cc1ccc(-c2cc(C(=O)N(Cc3cccs3)C3CCS(=O)(=O)C3)no2)cc1F. The maximum Gasteiger partial charge on any atom is 0.276 e. The summed E-state index contributed by atoms with van der Waals surface area (Å²) in [5.41, 5.74) is 1.06. The fourth-order valence-electron chi connectivity index (χ4n) is 3.36. The molecule has 1 saturated heterocycles. The normalized spacial score (nSPS) is 18.1. The second-order valence-corrected chi connectivity index (χ2v) is 10.4. The van der Waals surface area contributed by atoms with E-state index in [-0.39, 0.29) is 28.8 Å². The second-order valence-electron chi connectivity index (χ2n) is 7.11. The molecule has 3 heterocycles. The Morgan fingerprint density at radius 2 is 2.17 bits per heavy atom. The van der Waals surface area contributed by atoms with Crippen LogP contribution < -0.4 is 0 Å². The van der Waals surface area contributed by atoms with Crippen LogP contribution in [0.15, 0.2) is 46.3 Å². The van der Waals surface area contributed by atoms with Gasteiger partial charge in [0.2, 0.25) is 0 Å². The van der Waals surface area contributed by atoms with E-state index in [9.17, 15) is 17.6 Å². The van der Waals surface area contributed by atoms with Gasteiger partial charge in [0.15, 0.2) is 21.3 Å². The van der Waals surface area contributed by atoms with E-state index in [1.807, 2.05) is 17.5 Å². The van der Waals surface area contributed by atoms with Gasteiger partial charge in [-0.3, -0.25) is 4.79 Å². The van der Waals surface area contributed by atoms with Crippen LogP contribution in [0.4, 0.5) is 4.39 Å². The van der Waals surface area contributed by atoms with E-state index in [1.165, 1.54) is 23.5 Å². The highest BCUT2D eigenvalue weighted by atomic mass is 32.2. The van der Waals surface area contributed by atoms with Crippen LogP contribution in [-0.2, 0) is 16.4 Å². The number of sulfone groups is 1. The Bertz CT molecular complexity index is 1140. The lowest BCUT2D eigenvalue weighted by Gasteiger charge is -2.26. The minimum absolute atomic E-state index is 0.0575. The number of amides is 1. The van der Waals surface area contributed by atoms with Crippen LogP contribution in [0.2, 0.25) is 0 Å². The molecule has 1 aromatic carbocycles. The first-order valence-electron chi connectivity index (χ1n) is 9.09. The number of nitrogens with zero attached hydrogens (tertiary/aromatic N) is 2. The van der Waals surface area contributed by atoms with Gasteiger partial charge in [-0.15, -0.1) is 11.3 Å². The lowest BCUT2D eigenvalue weighted by atomic mass is 10.1. The molecule has 0 bridgehead atoms. The van der Waals surface area contributed by atoms with Crippen LogP contribution in [0.25, 0.3) is 11.3 Å². The summed E-state index contributed by atoms with van der Waals surface area (Å²) in [7, 11) is -3.16. The standard InChI is InChI=1S/C20H19FN2O4S2/c1-13-4-5-14(9-17(13)21)19-10-18(22-27-19)20(24)23(11-16-3-2-7-28-16)15-6-8-29(25,26)12-15/h2-5,7,9-10,15H,6,8,11-12H2,1H3. The van der Waals surface area contributed by atoms with E-state index in [0.717, 1.165) is 4.88 Å². The van der Waals surface area contributed by atoms with E-state index in [4.69, 9.17) is 4.52 Å². The van der Waals surface area contributed by atoms with Crippen molar-refractivity contribution in [1.29, 1.82) is 0 Å². The topological polar surface area (TPSA) is 80.5 Å². The summed E-state index contributed by atoms with van der Waals surface area (Å²) in [6.07, 6.45) is 0.396. The lowest BCUT2D eigenvalue weighted by Crippen LogP contribution is -2.40. The lowest BCUT2D eigenvalue weighted by molar-refractivity contribution is 0.0672. The predicted molar refractivity (Wildman–Crippen MR) is 108 cm³/mol. The number of carbonyl (C=O) groups excluding carboxylic acids is 1.